The molecule has 8 heteroatoms. The number of carbonyl (C=O) groups is 1. The molecule has 0 aromatic carbocycles. The van der Waals surface area contributed by atoms with Gasteiger partial charge in [-0.05, 0) is 19.8 Å². The van der Waals surface area contributed by atoms with Gasteiger partial charge in [0.1, 0.15) is 11.9 Å². The highest BCUT2D eigenvalue weighted by Gasteiger charge is 2.30. The smallest absolute Gasteiger partial charge is 0.322 e. The van der Waals surface area contributed by atoms with Gasteiger partial charge in [-0.15, -0.1) is 0 Å². The number of nitrogens with one attached hydrogen (secondary N) is 1. The van der Waals surface area contributed by atoms with E-state index in [1.165, 1.54) is 6.20 Å². The maximum atomic E-state index is 12.2. The Hall–Kier alpha value is -1.41. The molecule has 0 radical (unpaired) electrons. The summed E-state index contributed by atoms with van der Waals surface area (Å²) in [5, 5.41) is 8.99. The summed E-state index contributed by atoms with van der Waals surface area (Å²) in [6.45, 7) is 7.67. The van der Waals surface area contributed by atoms with E-state index in [-0.39, 0.29) is 10.9 Å². The Bertz CT molecular complexity index is 580. The molecule has 0 spiro atoms. The molecule has 1 aromatic rings. The fraction of sp³-hybridized carbons (Fsp3) is 0.667. The van der Waals surface area contributed by atoms with Gasteiger partial charge in [0.2, 0.25) is 0 Å². The van der Waals surface area contributed by atoms with E-state index >= 15 is 0 Å². The molecule has 0 aliphatic rings. The van der Waals surface area contributed by atoms with Gasteiger partial charge in [-0.25, -0.2) is 13.4 Å². The Labute approximate surface area is 119 Å². The van der Waals surface area contributed by atoms with Gasteiger partial charge in [-0.1, -0.05) is 20.3 Å². The number of sulfonamides is 1. The number of hydrogen-bond donors (Lipinski definition) is 2. The summed E-state index contributed by atoms with van der Waals surface area (Å²) >= 11 is 0. The highest BCUT2D eigenvalue weighted by atomic mass is 32.2. The molecule has 114 valence electrons. The van der Waals surface area contributed by atoms with E-state index in [2.05, 4.69) is 9.71 Å². The minimum Gasteiger partial charge on any atom is -0.480 e. The van der Waals surface area contributed by atoms with Gasteiger partial charge in [0.15, 0.2) is 5.03 Å². The number of nitrogens with zero attached hydrogens (tertiary/aromatic N) is 2. The van der Waals surface area contributed by atoms with E-state index in [9.17, 15) is 13.2 Å². The summed E-state index contributed by atoms with van der Waals surface area (Å²) in [4.78, 5) is 15.2. The van der Waals surface area contributed by atoms with Crippen molar-refractivity contribution in [3.63, 3.8) is 0 Å². The van der Waals surface area contributed by atoms with E-state index < -0.39 is 22.0 Å². The first-order chi connectivity index (χ1) is 9.22. The van der Waals surface area contributed by atoms with Crippen molar-refractivity contribution in [1.82, 2.24) is 14.3 Å². The van der Waals surface area contributed by atoms with Crippen LogP contribution in [0.5, 0.6) is 0 Å². The molecule has 2 N–H and O–H groups in total. The molecule has 7 nitrogen and oxygen atoms in total. The highest BCUT2D eigenvalue weighted by Crippen LogP contribution is 2.14. The molecule has 2 atom stereocenters. The number of rotatable bonds is 7. The molecule has 0 fully saturated rings. The van der Waals surface area contributed by atoms with Gasteiger partial charge in [-0.2, -0.15) is 4.72 Å². The summed E-state index contributed by atoms with van der Waals surface area (Å²) in [7, 11) is -3.93. The Morgan fingerprint density at radius 2 is 2.10 bits per heavy atom. The van der Waals surface area contributed by atoms with Gasteiger partial charge in [-0.3, -0.25) is 4.79 Å². The van der Waals surface area contributed by atoms with Crippen LogP contribution >= 0.6 is 0 Å². The van der Waals surface area contributed by atoms with Crippen LogP contribution in [0.3, 0.4) is 0 Å². The Balaban J connectivity index is 3.06. The van der Waals surface area contributed by atoms with Gasteiger partial charge in [0.05, 0.1) is 0 Å². The molecule has 2 unspecified atom stereocenters. The zero-order chi connectivity index (χ0) is 15.5. The summed E-state index contributed by atoms with van der Waals surface area (Å²) < 4.78 is 28.3. The monoisotopic (exact) mass is 303 g/mol. The average molecular weight is 303 g/mol. The van der Waals surface area contributed by atoms with Crippen molar-refractivity contribution in [1.29, 1.82) is 0 Å². The predicted molar refractivity (Wildman–Crippen MR) is 73.8 cm³/mol. The molecule has 20 heavy (non-hydrogen) atoms. The van der Waals surface area contributed by atoms with E-state index in [0.29, 0.717) is 18.8 Å². The number of aryl methyl sites for hydroxylation is 2. The van der Waals surface area contributed by atoms with Gasteiger partial charge >= 0.3 is 5.97 Å². The molecule has 0 aliphatic heterocycles. The molecular formula is C12H21N3O4S. The van der Waals surface area contributed by atoms with Crippen LogP contribution in [0, 0.1) is 12.8 Å². The van der Waals surface area contributed by atoms with Crippen molar-refractivity contribution in [2.75, 3.05) is 0 Å². The zero-order valence-corrected chi connectivity index (χ0v) is 12.9. The van der Waals surface area contributed by atoms with E-state index in [0.717, 1.165) is 0 Å². The lowest BCUT2D eigenvalue weighted by molar-refractivity contribution is -0.140. The Morgan fingerprint density at radius 1 is 1.50 bits per heavy atom. The number of carboxylic acid groups (broad SMARTS) is 1. The lowest BCUT2D eigenvalue weighted by Gasteiger charge is -2.19. The molecule has 0 saturated heterocycles. The normalized spacial score (nSPS) is 15.0. The maximum Gasteiger partial charge on any atom is 0.322 e. The summed E-state index contributed by atoms with van der Waals surface area (Å²) in [5.41, 5.74) is 0. The number of aliphatic carboxylic acids is 1. The molecular weight excluding hydrogens is 282 g/mol. The largest absolute Gasteiger partial charge is 0.480 e. The third-order valence-corrected chi connectivity index (χ3v) is 4.64. The van der Waals surface area contributed by atoms with Crippen molar-refractivity contribution in [2.45, 2.75) is 51.7 Å². The maximum absolute atomic E-state index is 12.2. The first-order valence-electron chi connectivity index (χ1n) is 6.51. The van der Waals surface area contributed by atoms with Crippen LogP contribution in [-0.4, -0.2) is 35.1 Å². The standard InChI is InChI=1S/C12H21N3O4S/c1-5-8(3)11(12(16)17)14-20(18,19)10-7-15(6-2)9(4)13-10/h7-8,11,14H,5-6H2,1-4H3,(H,16,17). The Kier molecular flexibility index (Phi) is 5.29. The van der Waals surface area contributed by atoms with Gasteiger partial charge in [0.25, 0.3) is 10.0 Å². The van der Waals surface area contributed by atoms with Crippen LogP contribution < -0.4 is 4.72 Å². The predicted octanol–water partition coefficient (Wildman–Crippen LogP) is 0.989. The van der Waals surface area contributed by atoms with Crippen LogP contribution in [0.2, 0.25) is 0 Å². The number of hydrogen-bond acceptors (Lipinski definition) is 4. The minimum absolute atomic E-state index is 0.147. The van der Waals surface area contributed by atoms with E-state index in [4.69, 9.17) is 5.11 Å². The summed E-state index contributed by atoms with van der Waals surface area (Å²) in [6, 6.07) is -1.16. The van der Waals surface area contributed by atoms with E-state index in [1.54, 1.807) is 18.4 Å². The minimum atomic E-state index is -3.93. The fourth-order valence-electron chi connectivity index (χ4n) is 1.80. The second-order valence-electron chi connectivity index (χ2n) is 4.74. The molecule has 0 aliphatic carbocycles. The molecule has 0 bridgehead atoms. The lowest BCUT2D eigenvalue weighted by Crippen LogP contribution is -2.45. The first kappa shape index (κ1) is 16.6. The zero-order valence-electron chi connectivity index (χ0n) is 12.1. The van der Waals surface area contributed by atoms with Crippen molar-refractivity contribution < 1.29 is 18.3 Å². The summed E-state index contributed by atoms with van der Waals surface area (Å²) in [5.74, 6) is -0.922. The van der Waals surface area contributed by atoms with Crippen LogP contribution in [0.4, 0.5) is 0 Å². The SMILES string of the molecule is CCC(C)C(NS(=O)(=O)c1cn(CC)c(C)n1)C(=O)O. The number of aromatic nitrogens is 2. The lowest BCUT2D eigenvalue weighted by atomic mass is 10.0. The molecule has 1 rings (SSSR count). The molecule has 0 amide bonds. The van der Waals surface area contributed by atoms with Crippen molar-refractivity contribution in [2.24, 2.45) is 5.92 Å². The first-order valence-corrected chi connectivity index (χ1v) is 8.00. The average Bonchev–Trinajstić information content (AvgIpc) is 2.77. The molecule has 1 aromatic heterocycles. The van der Waals surface area contributed by atoms with Crippen LogP contribution in [0.15, 0.2) is 11.2 Å². The van der Waals surface area contributed by atoms with Gasteiger partial charge < -0.3 is 9.67 Å². The quantitative estimate of drug-likeness (QED) is 0.782. The second kappa shape index (κ2) is 6.36. The van der Waals surface area contributed by atoms with Crippen LogP contribution in [0.1, 0.15) is 33.0 Å². The second-order valence-corrected chi connectivity index (χ2v) is 6.40. The molecule has 1 heterocycles. The highest BCUT2D eigenvalue weighted by molar-refractivity contribution is 7.89. The summed E-state index contributed by atoms with van der Waals surface area (Å²) in [6.07, 6.45) is 1.97. The third-order valence-electron chi connectivity index (χ3n) is 3.33. The third kappa shape index (κ3) is 3.57. The number of imidazole rings is 1. The number of carboxylic acids is 1. The van der Waals surface area contributed by atoms with Crippen LogP contribution in [-0.2, 0) is 21.4 Å². The topological polar surface area (TPSA) is 101 Å². The Morgan fingerprint density at radius 3 is 2.50 bits per heavy atom. The fourth-order valence-corrected chi connectivity index (χ4v) is 3.11. The van der Waals surface area contributed by atoms with Crippen LogP contribution in [0.25, 0.3) is 0 Å². The molecule has 0 saturated carbocycles. The van der Waals surface area contributed by atoms with Crippen molar-refractivity contribution in [3.8, 4) is 0 Å². The van der Waals surface area contributed by atoms with Crippen molar-refractivity contribution in [3.05, 3.63) is 12.0 Å². The van der Waals surface area contributed by atoms with Crippen molar-refractivity contribution >= 4 is 16.0 Å². The van der Waals surface area contributed by atoms with Gasteiger partial charge in [0, 0.05) is 12.7 Å². The van der Waals surface area contributed by atoms with E-state index in [1.807, 2.05) is 13.8 Å².